The van der Waals surface area contributed by atoms with Gasteiger partial charge in [0.2, 0.25) is 5.82 Å². The summed E-state index contributed by atoms with van der Waals surface area (Å²) in [5, 5.41) is 7.41. The summed E-state index contributed by atoms with van der Waals surface area (Å²) in [5.41, 5.74) is 4.64. The SMILES string of the molecule is Cc1ccc(-n2nc(C(=O)Nc3ccc(Br)cc3)nc2-c2ccc(Br)cc2)c(C)c1. The van der Waals surface area contributed by atoms with Crippen LogP contribution < -0.4 is 5.32 Å². The number of hydrogen-bond acceptors (Lipinski definition) is 3. The lowest BCUT2D eigenvalue weighted by Gasteiger charge is -2.10. The minimum Gasteiger partial charge on any atom is -0.319 e. The largest absolute Gasteiger partial charge is 0.319 e. The number of carbonyl (C=O) groups excluding carboxylic acids is 1. The Hall–Kier alpha value is -2.77. The third-order valence-electron chi connectivity index (χ3n) is 4.60. The Labute approximate surface area is 191 Å². The smallest absolute Gasteiger partial charge is 0.295 e. The molecular weight excluding hydrogens is 508 g/mol. The minimum absolute atomic E-state index is 0.107. The summed E-state index contributed by atoms with van der Waals surface area (Å²) in [6.45, 7) is 4.07. The number of aromatic nitrogens is 3. The molecule has 0 aliphatic heterocycles. The van der Waals surface area contributed by atoms with Crippen molar-refractivity contribution in [3.8, 4) is 17.1 Å². The number of aryl methyl sites for hydroxylation is 2. The zero-order valence-electron chi connectivity index (χ0n) is 16.4. The summed E-state index contributed by atoms with van der Waals surface area (Å²) >= 11 is 6.86. The normalized spacial score (nSPS) is 10.8. The van der Waals surface area contributed by atoms with Crippen molar-refractivity contribution in [2.45, 2.75) is 13.8 Å². The van der Waals surface area contributed by atoms with Crippen molar-refractivity contribution in [2.75, 3.05) is 5.32 Å². The van der Waals surface area contributed by atoms with Crippen LogP contribution in [0.1, 0.15) is 21.7 Å². The Morgan fingerprint density at radius 2 is 1.53 bits per heavy atom. The van der Waals surface area contributed by atoms with Gasteiger partial charge in [0.25, 0.3) is 5.91 Å². The molecular formula is C23H18Br2N4O. The van der Waals surface area contributed by atoms with Crippen LogP contribution in [0.25, 0.3) is 17.1 Å². The predicted molar refractivity (Wildman–Crippen MR) is 126 cm³/mol. The zero-order chi connectivity index (χ0) is 21.3. The van der Waals surface area contributed by atoms with Crippen LogP contribution in [0.2, 0.25) is 0 Å². The van der Waals surface area contributed by atoms with Gasteiger partial charge in [0.1, 0.15) is 0 Å². The summed E-state index contributed by atoms with van der Waals surface area (Å²) in [7, 11) is 0. The van der Waals surface area contributed by atoms with Crippen molar-refractivity contribution in [1.82, 2.24) is 14.8 Å². The number of amides is 1. The Balaban J connectivity index is 1.78. The quantitative estimate of drug-likeness (QED) is 0.338. The molecule has 1 amide bonds. The maximum atomic E-state index is 12.9. The van der Waals surface area contributed by atoms with Gasteiger partial charge < -0.3 is 5.32 Å². The molecule has 0 unspecified atom stereocenters. The van der Waals surface area contributed by atoms with Crippen molar-refractivity contribution in [2.24, 2.45) is 0 Å². The molecule has 4 aromatic rings. The second-order valence-corrected chi connectivity index (χ2v) is 8.76. The van der Waals surface area contributed by atoms with Gasteiger partial charge in [-0.2, -0.15) is 0 Å². The van der Waals surface area contributed by atoms with Gasteiger partial charge in [-0.15, -0.1) is 5.10 Å². The van der Waals surface area contributed by atoms with Crippen LogP contribution in [0, 0.1) is 13.8 Å². The molecule has 0 aliphatic carbocycles. The third kappa shape index (κ3) is 4.37. The third-order valence-corrected chi connectivity index (χ3v) is 5.65. The number of hydrogen-bond donors (Lipinski definition) is 1. The summed E-state index contributed by atoms with van der Waals surface area (Å²) in [6, 6.07) is 21.3. The van der Waals surface area contributed by atoms with E-state index in [-0.39, 0.29) is 11.7 Å². The van der Waals surface area contributed by atoms with Gasteiger partial charge >= 0.3 is 0 Å². The number of nitrogens with zero attached hydrogens (tertiary/aromatic N) is 3. The molecule has 0 saturated heterocycles. The predicted octanol–water partition coefficient (Wildman–Crippen LogP) is 6.33. The van der Waals surface area contributed by atoms with Crippen molar-refractivity contribution in [3.05, 3.63) is 92.6 Å². The fourth-order valence-corrected chi connectivity index (χ4v) is 3.65. The van der Waals surface area contributed by atoms with Crippen molar-refractivity contribution in [3.63, 3.8) is 0 Å². The number of rotatable bonds is 4. The van der Waals surface area contributed by atoms with Crippen LogP contribution >= 0.6 is 31.9 Å². The van der Waals surface area contributed by atoms with E-state index in [0.29, 0.717) is 11.5 Å². The highest BCUT2D eigenvalue weighted by Gasteiger charge is 2.20. The lowest BCUT2D eigenvalue weighted by Crippen LogP contribution is -2.14. The molecule has 4 rings (SSSR count). The van der Waals surface area contributed by atoms with Crippen LogP contribution in [0.15, 0.2) is 75.7 Å². The van der Waals surface area contributed by atoms with Crippen LogP contribution in [0.4, 0.5) is 5.69 Å². The molecule has 0 atom stereocenters. The Kier molecular flexibility index (Phi) is 5.83. The van der Waals surface area contributed by atoms with Gasteiger partial charge in [0, 0.05) is 20.2 Å². The number of benzene rings is 3. The molecule has 1 heterocycles. The summed E-state index contributed by atoms with van der Waals surface area (Å²) in [4.78, 5) is 17.4. The minimum atomic E-state index is -0.362. The lowest BCUT2D eigenvalue weighted by atomic mass is 10.1. The van der Waals surface area contributed by atoms with E-state index in [1.165, 1.54) is 0 Å². The molecule has 0 spiro atoms. The fraction of sp³-hybridized carbons (Fsp3) is 0.0870. The number of anilines is 1. The standard InChI is InChI=1S/C23H18Br2N4O/c1-14-3-12-20(15(2)13-14)29-22(16-4-6-17(24)7-5-16)27-21(28-29)23(30)26-19-10-8-18(25)9-11-19/h3-13H,1-2H3,(H,26,30). The van der Waals surface area contributed by atoms with E-state index >= 15 is 0 Å². The first-order chi connectivity index (χ1) is 14.4. The number of carbonyl (C=O) groups is 1. The van der Waals surface area contributed by atoms with Crippen LogP contribution in [0.3, 0.4) is 0 Å². The van der Waals surface area contributed by atoms with E-state index in [2.05, 4.69) is 53.3 Å². The van der Waals surface area contributed by atoms with Gasteiger partial charge in [-0.1, -0.05) is 61.7 Å². The van der Waals surface area contributed by atoms with Gasteiger partial charge in [-0.05, 0) is 61.9 Å². The van der Waals surface area contributed by atoms with Gasteiger partial charge in [-0.3, -0.25) is 4.79 Å². The number of nitrogens with one attached hydrogen (secondary N) is 1. The molecule has 0 aliphatic rings. The lowest BCUT2D eigenvalue weighted by molar-refractivity contribution is 0.101. The highest BCUT2D eigenvalue weighted by atomic mass is 79.9. The molecule has 0 saturated carbocycles. The maximum absolute atomic E-state index is 12.9. The summed E-state index contributed by atoms with van der Waals surface area (Å²) < 4.78 is 3.64. The van der Waals surface area contributed by atoms with E-state index in [4.69, 9.17) is 0 Å². The van der Waals surface area contributed by atoms with E-state index in [1.54, 1.807) is 4.68 Å². The average molecular weight is 526 g/mol. The molecule has 0 fully saturated rings. The maximum Gasteiger partial charge on any atom is 0.295 e. The van der Waals surface area contributed by atoms with Crippen molar-refractivity contribution < 1.29 is 4.79 Å². The molecule has 150 valence electrons. The topological polar surface area (TPSA) is 59.8 Å². The van der Waals surface area contributed by atoms with Gasteiger partial charge in [0.05, 0.1) is 5.69 Å². The molecule has 0 bridgehead atoms. The Bertz CT molecular complexity index is 1220. The molecule has 30 heavy (non-hydrogen) atoms. The average Bonchev–Trinajstić information content (AvgIpc) is 3.15. The monoisotopic (exact) mass is 524 g/mol. The first-order valence-electron chi connectivity index (χ1n) is 9.28. The van der Waals surface area contributed by atoms with Crippen LogP contribution in [-0.2, 0) is 0 Å². The molecule has 1 aromatic heterocycles. The van der Waals surface area contributed by atoms with E-state index < -0.39 is 0 Å². The first-order valence-corrected chi connectivity index (χ1v) is 10.9. The van der Waals surface area contributed by atoms with Gasteiger partial charge in [-0.25, -0.2) is 9.67 Å². The molecule has 1 N–H and O–H groups in total. The van der Waals surface area contributed by atoms with Crippen molar-refractivity contribution in [1.29, 1.82) is 0 Å². The fourth-order valence-electron chi connectivity index (χ4n) is 3.13. The highest BCUT2D eigenvalue weighted by Crippen LogP contribution is 2.25. The highest BCUT2D eigenvalue weighted by molar-refractivity contribution is 9.10. The molecule has 0 radical (unpaired) electrons. The van der Waals surface area contributed by atoms with E-state index in [9.17, 15) is 4.79 Å². The zero-order valence-corrected chi connectivity index (χ0v) is 19.5. The first kappa shape index (κ1) is 20.5. The summed E-state index contributed by atoms with van der Waals surface area (Å²) in [5.74, 6) is 0.352. The second kappa shape index (κ2) is 8.53. The van der Waals surface area contributed by atoms with Crippen LogP contribution in [-0.4, -0.2) is 20.7 Å². The van der Waals surface area contributed by atoms with Crippen LogP contribution in [0.5, 0.6) is 0 Å². The Morgan fingerprint density at radius 1 is 0.900 bits per heavy atom. The molecule has 3 aromatic carbocycles. The number of halogens is 2. The Morgan fingerprint density at radius 3 is 2.17 bits per heavy atom. The van der Waals surface area contributed by atoms with E-state index in [0.717, 1.165) is 31.3 Å². The summed E-state index contributed by atoms with van der Waals surface area (Å²) in [6.07, 6.45) is 0. The van der Waals surface area contributed by atoms with Crippen molar-refractivity contribution >= 4 is 43.5 Å². The van der Waals surface area contributed by atoms with Gasteiger partial charge in [0.15, 0.2) is 5.82 Å². The van der Waals surface area contributed by atoms with E-state index in [1.807, 2.05) is 74.5 Å². The molecule has 7 heteroatoms. The molecule has 5 nitrogen and oxygen atoms in total. The second-order valence-electron chi connectivity index (χ2n) is 6.93.